The fraction of sp³-hybridized carbons (Fsp3) is 0.150. The van der Waals surface area contributed by atoms with Gasteiger partial charge in [-0.2, -0.15) is 0 Å². The van der Waals surface area contributed by atoms with Crippen molar-refractivity contribution >= 4 is 39.2 Å². The lowest BCUT2D eigenvalue weighted by Gasteiger charge is -2.15. The Hall–Kier alpha value is -3.06. The number of benzene rings is 2. The monoisotopic (exact) mass is 381 g/mol. The Bertz CT molecular complexity index is 1130. The number of para-hydroxylation sites is 1. The van der Waals surface area contributed by atoms with Gasteiger partial charge in [0.2, 0.25) is 0 Å². The van der Waals surface area contributed by atoms with Crippen molar-refractivity contribution in [3.05, 3.63) is 58.3 Å². The van der Waals surface area contributed by atoms with Crippen LogP contribution in [0.15, 0.2) is 36.4 Å². The van der Waals surface area contributed by atoms with Gasteiger partial charge in [-0.3, -0.25) is 4.40 Å². The number of thiazole rings is 1. The average Bonchev–Trinajstić information content (AvgIpc) is 3.08. The molecule has 0 aliphatic carbocycles. The first kappa shape index (κ1) is 17.4. The number of imidazole rings is 1. The average molecular weight is 381 g/mol. The molecule has 0 saturated carbocycles. The minimum Gasteiger partial charge on any atom is -0.398 e. The molecule has 0 saturated heterocycles. The van der Waals surface area contributed by atoms with Crippen LogP contribution in [0.1, 0.15) is 16.1 Å². The van der Waals surface area contributed by atoms with Crippen molar-refractivity contribution in [2.45, 2.75) is 20.8 Å². The molecule has 4 rings (SSSR count). The summed E-state index contributed by atoms with van der Waals surface area (Å²) in [7, 11) is 0. The number of halogens is 1. The van der Waals surface area contributed by atoms with Crippen molar-refractivity contribution in [3.63, 3.8) is 0 Å². The molecule has 5 N–H and O–H groups in total. The highest BCUT2D eigenvalue weighted by Crippen LogP contribution is 2.40. The molecular weight excluding hydrogens is 361 g/mol. The van der Waals surface area contributed by atoms with E-state index in [0.717, 1.165) is 26.8 Å². The van der Waals surface area contributed by atoms with Crippen LogP contribution >= 0.6 is 11.3 Å². The van der Waals surface area contributed by atoms with E-state index < -0.39 is 5.82 Å². The van der Waals surface area contributed by atoms with Gasteiger partial charge in [0.05, 0.1) is 16.9 Å². The lowest BCUT2D eigenvalue weighted by molar-refractivity contribution is 0.631. The quantitative estimate of drug-likeness (QED) is 0.435. The van der Waals surface area contributed by atoms with Gasteiger partial charge >= 0.3 is 0 Å². The standard InChI is InChI=1S/C20H20FN5S/c1-10-6-4-9-15(23)17(10)24-19-18(16-13(21)7-5-8-14(16)22)25-20-26(19)11(2)12(3)27-20/h4-9,24H,22-23H2,1-3H3. The van der Waals surface area contributed by atoms with Crippen LogP contribution in [0.5, 0.6) is 0 Å². The number of hydrogen-bond donors (Lipinski definition) is 3. The summed E-state index contributed by atoms with van der Waals surface area (Å²) in [4.78, 5) is 6.62. The van der Waals surface area contributed by atoms with Crippen LogP contribution in [-0.4, -0.2) is 9.38 Å². The van der Waals surface area contributed by atoms with Crippen molar-refractivity contribution in [1.29, 1.82) is 0 Å². The minimum atomic E-state index is -0.407. The van der Waals surface area contributed by atoms with Gasteiger partial charge in [-0.05, 0) is 44.5 Å². The van der Waals surface area contributed by atoms with Crippen molar-refractivity contribution in [3.8, 4) is 11.3 Å². The maximum atomic E-state index is 14.6. The highest BCUT2D eigenvalue weighted by Gasteiger charge is 2.23. The van der Waals surface area contributed by atoms with Crippen LogP contribution in [0.4, 0.5) is 27.3 Å². The molecule has 138 valence electrons. The number of nitrogens with zero attached hydrogens (tertiary/aromatic N) is 2. The van der Waals surface area contributed by atoms with Gasteiger partial charge in [-0.25, -0.2) is 9.37 Å². The number of anilines is 4. The summed E-state index contributed by atoms with van der Waals surface area (Å²) in [5, 5.41) is 3.40. The zero-order valence-electron chi connectivity index (χ0n) is 15.3. The fourth-order valence-corrected chi connectivity index (χ4v) is 4.18. The summed E-state index contributed by atoms with van der Waals surface area (Å²) in [6, 6.07) is 10.4. The number of nitrogens with two attached hydrogens (primary N) is 2. The second-order valence-electron chi connectivity index (χ2n) is 6.54. The van der Waals surface area contributed by atoms with Crippen molar-refractivity contribution in [2.75, 3.05) is 16.8 Å². The molecule has 0 spiro atoms. The van der Waals surface area contributed by atoms with Crippen LogP contribution in [-0.2, 0) is 0 Å². The zero-order valence-corrected chi connectivity index (χ0v) is 16.1. The number of aryl methyl sites for hydroxylation is 3. The van der Waals surface area contributed by atoms with Crippen LogP contribution in [0.3, 0.4) is 0 Å². The lowest BCUT2D eigenvalue weighted by Crippen LogP contribution is -2.04. The number of aromatic nitrogens is 2. The van der Waals surface area contributed by atoms with Gasteiger partial charge in [0.15, 0.2) is 4.96 Å². The second-order valence-corrected chi connectivity index (χ2v) is 7.72. The van der Waals surface area contributed by atoms with Crippen LogP contribution < -0.4 is 16.8 Å². The summed E-state index contributed by atoms with van der Waals surface area (Å²) in [6.07, 6.45) is 0. The molecule has 0 atom stereocenters. The third-order valence-electron chi connectivity index (χ3n) is 4.77. The first-order valence-corrected chi connectivity index (χ1v) is 9.35. The van der Waals surface area contributed by atoms with E-state index in [9.17, 15) is 4.39 Å². The summed E-state index contributed by atoms with van der Waals surface area (Å²) < 4.78 is 16.6. The predicted molar refractivity (Wildman–Crippen MR) is 111 cm³/mol. The summed E-state index contributed by atoms with van der Waals surface area (Å²) in [6.45, 7) is 6.03. The first-order valence-electron chi connectivity index (χ1n) is 8.53. The van der Waals surface area contributed by atoms with E-state index in [1.54, 1.807) is 23.5 Å². The van der Waals surface area contributed by atoms with E-state index in [2.05, 4.69) is 5.32 Å². The normalized spacial score (nSPS) is 11.3. The minimum absolute atomic E-state index is 0.292. The highest BCUT2D eigenvalue weighted by molar-refractivity contribution is 7.17. The molecule has 2 heterocycles. The topological polar surface area (TPSA) is 81.4 Å². The third kappa shape index (κ3) is 2.71. The van der Waals surface area contributed by atoms with E-state index in [1.165, 1.54) is 6.07 Å². The number of hydrogen-bond acceptors (Lipinski definition) is 5. The highest BCUT2D eigenvalue weighted by atomic mass is 32.1. The van der Waals surface area contributed by atoms with Crippen molar-refractivity contribution in [1.82, 2.24) is 9.38 Å². The largest absolute Gasteiger partial charge is 0.398 e. The summed E-state index contributed by atoms with van der Waals surface area (Å²) in [5.74, 6) is 0.251. The van der Waals surface area contributed by atoms with Gasteiger partial charge in [-0.15, -0.1) is 11.3 Å². The van der Waals surface area contributed by atoms with E-state index in [0.29, 0.717) is 28.5 Å². The molecule has 27 heavy (non-hydrogen) atoms. The maximum Gasteiger partial charge on any atom is 0.196 e. The Kier molecular flexibility index (Phi) is 4.04. The molecule has 5 nitrogen and oxygen atoms in total. The number of fused-ring (bicyclic) bond motifs is 1. The van der Waals surface area contributed by atoms with E-state index >= 15 is 0 Å². The van der Waals surface area contributed by atoms with Gasteiger partial charge in [0.1, 0.15) is 17.3 Å². The Morgan fingerprint density at radius 1 is 1.04 bits per heavy atom. The maximum absolute atomic E-state index is 14.6. The smallest absolute Gasteiger partial charge is 0.196 e. The molecule has 0 aliphatic rings. The van der Waals surface area contributed by atoms with Crippen LogP contribution in [0.25, 0.3) is 16.2 Å². The van der Waals surface area contributed by atoms with Crippen molar-refractivity contribution in [2.24, 2.45) is 0 Å². The van der Waals surface area contributed by atoms with Gasteiger partial charge < -0.3 is 16.8 Å². The SMILES string of the molecule is Cc1cccc(N)c1Nc1c(-c2c(N)cccc2F)nc2sc(C)c(C)n12. The Morgan fingerprint density at radius 2 is 1.74 bits per heavy atom. The Labute approximate surface area is 160 Å². The van der Waals surface area contributed by atoms with Gasteiger partial charge in [-0.1, -0.05) is 18.2 Å². The molecule has 0 amide bonds. The molecule has 0 unspecified atom stereocenters. The third-order valence-corrected chi connectivity index (χ3v) is 5.83. The molecular formula is C20H20FN5S. The van der Waals surface area contributed by atoms with Gasteiger partial charge in [0.25, 0.3) is 0 Å². The fourth-order valence-electron chi connectivity index (χ4n) is 3.21. The second kappa shape index (κ2) is 6.28. The molecule has 2 aromatic heterocycles. The Morgan fingerprint density at radius 3 is 2.44 bits per heavy atom. The number of nitrogen functional groups attached to an aromatic ring is 2. The van der Waals surface area contributed by atoms with E-state index in [-0.39, 0.29) is 0 Å². The van der Waals surface area contributed by atoms with Crippen molar-refractivity contribution < 1.29 is 4.39 Å². The van der Waals surface area contributed by atoms with E-state index in [4.69, 9.17) is 16.5 Å². The number of rotatable bonds is 3. The van der Waals surface area contributed by atoms with Crippen LogP contribution in [0, 0.1) is 26.6 Å². The Balaban J connectivity index is 2.02. The summed E-state index contributed by atoms with van der Waals surface area (Å²) in [5.41, 5.74) is 16.8. The summed E-state index contributed by atoms with van der Waals surface area (Å²) >= 11 is 1.56. The van der Waals surface area contributed by atoms with Crippen LogP contribution in [0.2, 0.25) is 0 Å². The number of nitrogens with one attached hydrogen (secondary N) is 1. The van der Waals surface area contributed by atoms with E-state index in [1.807, 2.05) is 43.4 Å². The molecule has 0 radical (unpaired) electrons. The first-order chi connectivity index (χ1) is 12.9. The molecule has 0 aliphatic heterocycles. The molecule has 4 aromatic rings. The predicted octanol–water partition coefficient (Wildman–Crippen LogP) is 5.04. The zero-order chi connectivity index (χ0) is 19.3. The molecule has 2 aromatic carbocycles. The molecule has 0 bridgehead atoms. The van der Waals surface area contributed by atoms with Gasteiger partial charge in [0, 0.05) is 16.3 Å². The molecule has 0 fully saturated rings. The molecule has 7 heteroatoms. The lowest BCUT2D eigenvalue weighted by atomic mass is 10.1.